The SMILES string of the molecule is CCCC[C@](CO)(C(C)I)C(F)(F)F. The van der Waals surface area contributed by atoms with Crippen molar-refractivity contribution in [2.45, 2.75) is 43.2 Å². The molecule has 0 aromatic heterocycles. The summed E-state index contributed by atoms with van der Waals surface area (Å²) in [5, 5.41) is 8.98. The van der Waals surface area contributed by atoms with E-state index in [-0.39, 0.29) is 6.42 Å². The second-order valence-corrected chi connectivity index (χ2v) is 5.40. The summed E-state index contributed by atoms with van der Waals surface area (Å²) in [6.45, 7) is 2.52. The number of alkyl halides is 4. The highest BCUT2D eigenvalue weighted by Crippen LogP contribution is 2.47. The van der Waals surface area contributed by atoms with Crippen molar-refractivity contribution in [2.75, 3.05) is 6.61 Å². The van der Waals surface area contributed by atoms with Crippen LogP contribution in [0.25, 0.3) is 0 Å². The number of hydrogen-bond donors (Lipinski definition) is 1. The number of hydrogen-bond acceptors (Lipinski definition) is 1. The first-order chi connectivity index (χ1) is 6.31. The van der Waals surface area contributed by atoms with E-state index in [1.165, 1.54) is 6.92 Å². The Morgan fingerprint density at radius 1 is 1.36 bits per heavy atom. The lowest BCUT2D eigenvalue weighted by Gasteiger charge is -2.36. The molecule has 2 atom stereocenters. The van der Waals surface area contributed by atoms with E-state index in [0.717, 1.165) is 0 Å². The van der Waals surface area contributed by atoms with E-state index in [2.05, 4.69) is 0 Å². The quantitative estimate of drug-likeness (QED) is 0.606. The van der Waals surface area contributed by atoms with Gasteiger partial charge in [-0.25, -0.2) is 0 Å². The molecule has 0 bridgehead atoms. The number of aliphatic hydroxyl groups is 1. The van der Waals surface area contributed by atoms with Crippen LogP contribution >= 0.6 is 22.6 Å². The molecule has 1 N–H and O–H groups in total. The average molecular weight is 324 g/mol. The van der Waals surface area contributed by atoms with Crippen LogP contribution in [-0.4, -0.2) is 21.8 Å². The summed E-state index contributed by atoms with van der Waals surface area (Å²) in [6, 6.07) is 0. The Labute approximate surface area is 96.2 Å². The van der Waals surface area contributed by atoms with Gasteiger partial charge in [0, 0.05) is 3.92 Å². The maximum Gasteiger partial charge on any atom is 0.397 e. The van der Waals surface area contributed by atoms with Crippen LogP contribution in [-0.2, 0) is 0 Å². The molecule has 0 saturated carbocycles. The molecule has 0 saturated heterocycles. The molecular weight excluding hydrogens is 308 g/mol. The van der Waals surface area contributed by atoms with Crippen molar-refractivity contribution in [2.24, 2.45) is 5.41 Å². The summed E-state index contributed by atoms with van der Waals surface area (Å²) in [7, 11) is 0. The summed E-state index contributed by atoms with van der Waals surface area (Å²) >= 11 is 1.74. The van der Waals surface area contributed by atoms with Gasteiger partial charge in [-0.15, -0.1) is 0 Å². The largest absolute Gasteiger partial charge is 0.397 e. The monoisotopic (exact) mass is 324 g/mol. The third-order valence-corrected chi connectivity index (χ3v) is 3.78. The predicted molar refractivity (Wildman–Crippen MR) is 58.6 cm³/mol. The second-order valence-electron chi connectivity index (χ2n) is 3.53. The zero-order chi connectivity index (χ0) is 11.4. The van der Waals surface area contributed by atoms with E-state index in [0.29, 0.717) is 12.8 Å². The van der Waals surface area contributed by atoms with Crippen molar-refractivity contribution in [3.05, 3.63) is 0 Å². The van der Waals surface area contributed by atoms with Gasteiger partial charge in [-0.1, -0.05) is 49.3 Å². The Hall–Kier alpha value is 0.480. The van der Waals surface area contributed by atoms with Crippen molar-refractivity contribution in [1.29, 1.82) is 0 Å². The van der Waals surface area contributed by atoms with Gasteiger partial charge in [-0.2, -0.15) is 13.2 Å². The topological polar surface area (TPSA) is 20.2 Å². The van der Waals surface area contributed by atoms with E-state index in [1.54, 1.807) is 22.6 Å². The van der Waals surface area contributed by atoms with E-state index in [4.69, 9.17) is 5.11 Å². The summed E-state index contributed by atoms with van der Waals surface area (Å²) in [5.41, 5.74) is -1.93. The number of rotatable bonds is 5. The maximum atomic E-state index is 12.8. The lowest BCUT2D eigenvalue weighted by atomic mass is 9.80. The molecule has 0 heterocycles. The van der Waals surface area contributed by atoms with Gasteiger partial charge in [0.1, 0.15) is 5.41 Å². The molecule has 0 aliphatic heterocycles. The van der Waals surface area contributed by atoms with Crippen LogP contribution in [0.3, 0.4) is 0 Å². The smallest absolute Gasteiger partial charge is 0.395 e. The maximum absolute atomic E-state index is 12.8. The molecule has 0 amide bonds. The number of aliphatic hydroxyl groups excluding tert-OH is 1. The molecule has 0 spiro atoms. The Balaban J connectivity index is 4.80. The van der Waals surface area contributed by atoms with Gasteiger partial charge in [-0.05, 0) is 6.42 Å². The Bertz CT molecular complexity index is 170. The van der Waals surface area contributed by atoms with Gasteiger partial charge in [0.2, 0.25) is 0 Å². The molecule has 1 unspecified atom stereocenters. The molecule has 0 aliphatic carbocycles. The van der Waals surface area contributed by atoms with Gasteiger partial charge in [0.05, 0.1) is 6.61 Å². The molecule has 0 aliphatic rings. The Kier molecular flexibility index (Phi) is 5.72. The first kappa shape index (κ1) is 14.5. The van der Waals surface area contributed by atoms with Crippen molar-refractivity contribution in [3.8, 4) is 0 Å². The molecule has 86 valence electrons. The van der Waals surface area contributed by atoms with Crippen LogP contribution in [0.2, 0.25) is 0 Å². The molecule has 5 heteroatoms. The van der Waals surface area contributed by atoms with Crippen LogP contribution in [0.1, 0.15) is 33.1 Å². The van der Waals surface area contributed by atoms with Gasteiger partial charge in [0.15, 0.2) is 0 Å². The highest BCUT2D eigenvalue weighted by molar-refractivity contribution is 14.1. The molecule has 1 nitrogen and oxygen atoms in total. The van der Waals surface area contributed by atoms with Gasteiger partial charge < -0.3 is 5.11 Å². The Morgan fingerprint density at radius 3 is 2.07 bits per heavy atom. The van der Waals surface area contributed by atoms with Crippen molar-refractivity contribution < 1.29 is 18.3 Å². The van der Waals surface area contributed by atoms with Crippen LogP contribution in [0, 0.1) is 5.41 Å². The number of halogens is 4. The summed E-state index contributed by atoms with van der Waals surface area (Å²) < 4.78 is 37.7. The van der Waals surface area contributed by atoms with Crippen molar-refractivity contribution in [1.82, 2.24) is 0 Å². The van der Waals surface area contributed by atoms with E-state index >= 15 is 0 Å². The third kappa shape index (κ3) is 2.98. The highest BCUT2D eigenvalue weighted by atomic mass is 127. The lowest BCUT2D eigenvalue weighted by Crippen LogP contribution is -2.47. The van der Waals surface area contributed by atoms with Crippen LogP contribution in [0.5, 0.6) is 0 Å². The highest BCUT2D eigenvalue weighted by Gasteiger charge is 2.56. The van der Waals surface area contributed by atoms with E-state index < -0.39 is 22.1 Å². The van der Waals surface area contributed by atoms with Gasteiger partial charge >= 0.3 is 6.18 Å². The normalized spacial score (nSPS) is 19.1. The van der Waals surface area contributed by atoms with E-state index in [1.807, 2.05) is 6.92 Å². The second kappa shape index (κ2) is 5.53. The fourth-order valence-electron chi connectivity index (χ4n) is 1.35. The van der Waals surface area contributed by atoms with Crippen LogP contribution in [0.15, 0.2) is 0 Å². The minimum absolute atomic E-state index is 0.00755. The summed E-state index contributed by atoms with van der Waals surface area (Å²) in [5.74, 6) is 0. The summed E-state index contributed by atoms with van der Waals surface area (Å²) in [6.07, 6.45) is -3.11. The first-order valence-corrected chi connectivity index (χ1v) is 5.88. The minimum Gasteiger partial charge on any atom is -0.395 e. The van der Waals surface area contributed by atoms with Crippen molar-refractivity contribution >= 4 is 22.6 Å². The Morgan fingerprint density at radius 2 is 1.86 bits per heavy atom. The summed E-state index contributed by atoms with van der Waals surface area (Å²) in [4.78, 5) is 0. The van der Waals surface area contributed by atoms with Crippen molar-refractivity contribution in [3.63, 3.8) is 0 Å². The van der Waals surface area contributed by atoms with Gasteiger partial charge in [0.25, 0.3) is 0 Å². The minimum atomic E-state index is -4.32. The standard InChI is InChI=1S/C9H16F3IO/c1-3-4-5-8(6-14,7(2)13)9(10,11)12/h7,14H,3-6H2,1-2H3/t7?,8-/m0/s1. The van der Waals surface area contributed by atoms with E-state index in [9.17, 15) is 13.2 Å². The fraction of sp³-hybridized carbons (Fsp3) is 1.00. The zero-order valence-electron chi connectivity index (χ0n) is 8.36. The molecule has 0 radical (unpaired) electrons. The molecule has 0 aromatic carbocycles. The zero-order valence-corrected chi connectivity index (χ0v) is 10.5. The molecule has 0 aromatic rings. The average Bonchev–Trinajstić information content (AvgIpc) is 2.03. The van der Waals surface area contributed by atoms with Gasteiger partial charge in [-0.3, -0.25) is 0 Å². The predicted octanol–water partition coefficient (Wildman–Crippen LogP) is 3.54. The fourth-order valence-corrected chi connectivity index (χ4v) is 2.21. The molecule has 0 rings (SSSR count). The molecule has 0 fully saturated rings. The third-order valence-electron chi connectivity index (χ3n) is 2.58. The first-order valence-electron chi connectivity index (χ1n) is 4.63. The van der Waals surface area contributed by atoms with Crippen LogP contribution < -0.4 is 0 Å². The molecular formula is C9H16F3IO. The lowest BCUT2D eigenvalue weighted by molar-refractivity contribution is -0.236. The number of unbranched alkanes of at least 4 members (excludes halogenated alkanes) is 1. The molecule has 14 heavy (non-hydrogen) atoms. The van der Waals surface area contributed by atoms with Crippen LogP contribution in [0.4, 0.5) is 13.2 Å².